The van der Waals surface area contributed by atoms with Gasteiger partial charge in [-0.25, -0.2) is 17.5 Å². The average Bonchev–Trinajstić information content (AvgIpc) is 2.76. The summed E-state index contributed by atoms with van der Waals surface area (Å²) >= 11 is 0. The molecule has 1 heterocycles. The largest absolute Gasteiger partial charge is 0.435 e. The third-order valence-corrected chi connectivity index (χ3v) is 6.41. The number of hydrogen-bond donors (Lipinski definition) is 1. The summed E-state index contributed by atoms with van der Waals surface area (Å²) in [6, 6.07) is 5.52. The Morgan fingerprint density at radius 2 is 2.00 bits per heavy atom. The van der Waals surface area contributed by atoms with Crippen LogP contribution in [0.4, 0.5) is 18.9 Å². The van der Waals surface area contributed by atoms with Crippen LogP contribution >= 0.6 is 0 Å². The summed E-state index contributed by atoms with van der Waals surface area (Å²) in [6.45, 7) is -0.0377. The summed E-state index contributed by atoms with van der Waals surface area (Å²) in [5.74, 6) is -0.723. The van der Waals surface area contributed by atoms with Crippen molar-refractivity contribution < 1.29 is 26.3 Å². The van der Waals surface area contributed by atoms with Crippen LogP contribution in [0.25, 0.3) is 5.69 Å². The van der Waals surface area contributed by atoms with Gasteiger partial charge in [-0.2, -0.15) is 8.78 Å². The summed E-state index contributed by atoms with van der Waals surface area (Å²) in [7, 11) is -2.33. The molecule has 1 aromatic carbocycles. The molecule has 1 aliphatic rings. The fourth-order valence-electron chi connectivity index (χ4n) is 3.68. The Kier molecular flexibility index (Phi) is 5.46. The molecule has 160 valence electrons. The van der Waals surface area contributed by atoms with Gasteiger partial charge in [0.25, 0.3) is 5.56 Å². The van der Waals surface area contributed by atoms with Crippen molar-refractivity contribution in [2.45, 2.75) is 39.0 Å². The van der Waals surface area contributed by atoms with Gasteiger partial charge in [0.1, 0.15) is 17.1 Å². The fourth-order valence-corrected chi connectivity index (χ4v) is 5.16. The van der Waals surface area contributed by atoms with Crippen molar-refractivity contribution in [3.63, 3.8) is 0 Å². The van der Waals surface area contributed by atoms with Gasteiger partial charge < -0.3 is 4.74 Å². The number of nitrogens with one attached hydrogen (secondary N) is 1. The minimum atomic E-state index is -3.87. The number of sulfonamides is 1. The molecule has 1 saturated carbocycles. The number of benzene rings is 1. The second-order valence-electron chi connectivity index (χ2n) is 7.55. The second-order valence-corrected chi connectivity index (χ2v) is 9.31. The molecule has 0 amide bonds. The molecule has 0 aliphatic heterocycles. The monoisotopic (exact) mass is 433 g/mol. The minimum Gasteiger partial charge on any atom is -0.435 e. The second kappa shape index (κ2) is 7.43. The van der Waals surface area contributed by atoms with Gasteiger partial charge >= 0.3 is 6.61 Å². The van der Waals surface area contributed by atoms with Crippen molar-refractivity contribution in [2.24, 2.45) is 13.0 Å². The maximum atomic E-state index is 13.6. The third kappa shape index (κ3) is 4.60. The number of nitrogens with zero attached hydrogens (tertiary/aromatic N) is 2. The van der Waals surface area contributed by atoms with Gasteiger partial charge in [0, 0.05) is 13.1 Å². The standard InChI is InChI=1S/C18H22F3N3O4S/c1-11-15(22-29(26,27)10-12-8-18(2,21)9-12)16(25)24(23(11)3)13-5-4-6-14(7-13)28-17(19)20/h4-7,12,17,22H,8-10H2,1-3H3. The lowest BCUT2D eigenvalue weighted by atomic mass is 9.75. The third-order valence-electron chi connectivity index (χ3n) is 4.98. The first-order chi connectivity index (χ1) is 13.4. The van der Waals surface area contributed by atoms with E-state index in [1.807, 2.05) is 0 Å². The zero-order valence-corrected chi connectivity index (χ0v) is 17.0. The predicted octanol–water partition coefficient (Wildman–Crippen LogP) is 2.97. The Bertz CT molecular complexity index is 1070. The molecule has 29 heavy (non-hydrogen) atoms. The number of alkyl halides is 3. The molecule has 2 aromatic rings. The van der Waals surface area contributed by atoms with Crippen LogP contribution in [0.2, 0.25) is 0 Å². The van der Waals surface area contributed by atoms with Crippen molar-refractivity contribution in [3.8, 4) is 11.4 Å². The molecule has 0 atom stereocenters. The molecule has 1 N–H and O–H groups in total. The highest BCUT2D eigenvalue weighted by Crippen LogP contribution is 2.41. The zero-order chi connectivity index (χ0) is 21.6. The van der Waals surface area contributed by atoms with Gasteiger partial charge in [-0.15, -0.1) is 0 Å². The molecular weight excluding hydrogens is 411 g/mol. The summed E-state index contributed by atoms with van der Waals surface area (Å²) in [5, 5.41) is 0. The van der Waals surface area contributed by atoms with Crippen LogP contribution in [0, 0.1) is 12.8 Å². The fraction of sp³-hybridized carbons (Fsp3) is 0.500. The number of halogens is 3. The minimum absolute atomic E-state index is 0.135. The average molecular weight is 433 g/mol. The van der Waals surface area contributed by atoms with E-state index in [0.29, 0.717) is 5.69 Å². The van der Waals surface area contributed by atoms with Crippen LogP contribution in [0.15, 0.2) is 29.1 Å². The van der Waals surface area contributed by atoms with Crippen LogP contribution in [0.3, 0.4) is 0 Å². The van der Waals surface area contributed by atoms with Crippen LogP contribution in [0.5, 0.6) is 5.75 Å². The lowest BCUT2D eigenvalue weighted by Gasteiger charge is -2.38. The SMILES string of the molecule is Cc1c(NS(=O)(=O)CC2CC(C)(F)C2)c(=O)n(-c2cccc(OC(F)F)c2)n1C. The summed E-state index contributed by atoms with van der Waals surface area (Å²) in [4.78, 5) is 12.9. The molecule has 0 saturated heterocycles. The Labute approximate surface area is 166 Å². The number of aromatic nitrogens is 2. The molecule has 0 spiro atoms. The van der Waals surface area contributed by atoms with E-state index in [0.717, 1.165) is 4.68 Å². The quantitative estimate of drug-likeness (QED) is 0.728. The molecule has 0 unspecified atom stereocenters. The smallest absolute Gasteiger partial charge is 0.387 e. The molecule has 0 radical (unpaired) electrons. The van der Waals surface area contributed by atoms with Crippen LogP contribution in [-0.4, -0.2) is 35.8 Å². The maximum absolute atomic E-state index is 13.6. The van der Waals surface area contributed by atoms with E-state index >= 15 is 0 Å². The van der Waals surface area contributed by atoms with Crippen molar-refractivity contribution in [1.29, 1.82) is 0 Å². The number of rotatable bonds is 7. The first kappa shape index (κ1) is 21.3. The van der Waals surface area contributed by atoms with Crippen molar-refractivity contribution in [1.82, 2.24) is 9.36 Å². The van der Waals surface area contributed by atoms with Gasteiger partial charge in [-0.05, 0) is 44.7 Å². The van der Waals surface area contributed by atoms with E-state index in [-0.39, 0.29) is 41.6 Å². The first-order valence-corrected chi connectivity index (χ1v) is 10.6. The van der Waals surface area contributed by atoms with Crippen molar-refractivity contribution in [3.05, 3.63) is 40.3 Å². The number of hydrogen-bond acceptors (Lipinski definition) is 4. The van der Waals surface area contributed by atoms with Gasteiger partial charge in [0.15, 0.2) is 0 Å². The summed E-state index contributed by atoms with van der Waals surface area (Å²) in [6.07, 6.45) is 0.311. The molecule has 11 heteroatoms. The zero-order valence-electron chi connectivity index (χ0n) is 16.2. The van der Waals surface area contributed by atoms with E-state index in [2.05, 4.69) is 9.46 Å². The van der Waals surface area contributed by atoms with Gasteiger partial charge in [-0.1, -0.05) is 6.07 Å². The predicted molar refractivity (Wildman–Crippen MR) is 102 cm³/mol. The first-order valence-electron chi connectivity index (χ1n) is 8.92. The van der Waals surface area contributed by atoms with Crippen LogP contribution < -0.4 is 15.0 Å². The van der Waals surface area contributed by atoms with E-state index in [4.69, 9.17) is 0 Å². The normalized spacial score (nSPS) is 21.8. The molecule has 1 aromatic heterocycles. The lowest BCUT2D eigenvalue weighted by molar-refractivity contribution is -0.0498. The van der Waals surface area contributed by atoms with E-state index in [1.54, 1.807) is 6.92 Å². The Balaban J connectivity index is 1.89. The molecule has 1 fully saturated rings. The highest BCUT2D eigenvalue weighted by atomic mass is 32.2. The van der Waals surface area contributed by atoms with E-state index < -0.39 is 27.9 Å². The molecular formula is C18H22F3N3O4S. The van der Waals surface area contributed by atoms with Gasteiger partial charge in [0.2, 0.25) is 10.0 Å². The molecule has 7 nitrogen and oxygen atoms in total. The highest BCUT2D eigenvalue weighted by molar-refractivity contribution is 7.92. The Morgan fingerprint density at radius 1 is 1.34 bits per heavy atom. The molecule has 1 aliphatic carbocycles. The van der Waals surface area contributed by atoms with Gasteiger partial charge in [0.05, 0.1) is 17.1 Å². The van der Waals surface area contributed by atoms with Crippen molar-refractivity contribution >= 4 is 15.7 Å². The van der Waals surface area contributed by atoms with Gasteiger partial charge in [-0.3, -0.25) is 14.2 Å². The van der Waals surface area contributed by atoms with E-state index in [1.165, 1.54) is 42.9 Å². The molecule has 3 rings (SSSR count). The highest BCUT2D eigenvalue weighted by Gasteiger charge is 2.42. The maximum Gasteiger partial charge on any atom is 0.387 e. The Hall–Kier alpha value is -2.43. The van der Waals surface area contributed by atoms with Crippen LogP contribution in [-0.2, 0) is 17.1 Å². The topological polar surface area (TPSA) is 82.3 Å². The Morgan fingerprint density at radius 3 is 2.59 bits per heavy atom. The van der Waals surface area contributed by atoms with Crippen LogP contribution in [0.1, 0.15) is 25.5 Å². The number of ether oxygens (including phenoxy) is 1. The summed E-state index contributed by atoms with van der Waals surface area (Å²) in [5.41, 5.74) is -1.58. The summed E-state index contributed by atoms with van der Waals surface area (Å²) < 4.78 is 72.6. The van der Waals surface area contributed by atoms with E-state index in [9.17, 15) is 26.4 Å². The molecule has 0 bridgehead atoms. The lowest BCUT2D eigenvalue weighted by Crippen LogP contribution is -2.41. The number of anilines is 1. The van der Waals surface area contributed by atoms with Crippen molar-refractivity contribution in [2.75, 3.05) is 10.5 Å².